The minimum atomic E-state index is -0.198. The summed E-state index contributed by atoms with van der Waals surface area (Å²) in [4.78, 5) is 0. The summed E-state index contributed by atoms with van der Waals surface area (Å²) in [6.45, 7) is 4.38. The molecule has 4 heteroatoms. The minimum absolute atomic E-state index is 0.193. The number of rotatable bonds is 8. The van der Waals surface area contributed by atoms with Crippen LogP contribution in [0.4, 0.5) is 4.39 Å². The molecule has 0 saturated heterocycles. The molecule has 3 N–H and O–H groups in total. The van der Waals surface area contributed by atoms with Crippen molar-refractivity contribution in [2.75, 3.05) is 0 Å². The molecule has 0 bridgehead atoms. The van der Waals surface area contributed by atoms with Gasteiger partial charge in [-0.25, -0.2) is 4.39 Å². The van der Waals surface area contributed by atoms with Gasteiger partial charge in [0.25, 0.3) is 0 Å². The highest BCUT2D eigenvalue weighted by Crippen LogP contribution is 2.24. The predicted molar refractivity (Wildman–Crippen MR) is 82.2 cm³/mol. The molecule has 0 aliphatic heterocycles. The van der Waals surface area contributed by atoms with Crippen LogP contribution >= 0.6 is 15.9 Å². The lowest BCUT2D eigenvalue weighted by Crippen LogP contribution is -2.42. The first kappa shape index (κ1) is 16.6. The third-order valence-electron chi connectivity index (χ3n) is 3.55. The Morgan fingerprint density at radius 1 is 1.26 bits per heavy atom. The largest absolute Gasteiger partial charge is 0.271 e. The molecule has 1 unspecified atom stereocenters. The first-order valence-electron chi connectivity index (χ1n) is 7.02. The summed E-state index contributed by atoms with van der Waals surface area (Å²) in [5, 5.41) is 0. The smallest absolute Gasteiger partial charge is 0.123 e. The number of nitrogens with one attached hydrogen (secondary N) is 1. The van der Waals surface area contributed by atoms with E-state index in [0.29, 0.717) is 5.92 Å². The van der Waals surface area contributed by atoms with Crippen LogP contribution in [-0.2, 0) is 6.42 Å². The molecule has 0 fully saturated rings. The van der Waals surface area contributed by atoms with Gasteiger partial charge in [-0.2, -0.15) is 0 Å². The predicted octanol–water partition coefficient (Wildman–Crippen LogP) is 4.18. The highest BCUT2D eigenvalue weighted by Gasteiger charge is 2.20. The van der Waals surface area contributed by atoms with Gasteiger partial charge in [0.15, 0.2) is 0 Å². The number of nitrogens with two attached hydrogens (primary N) is 1. The molecule has 0 heterocycles. The molecule has 1 rings (SSSR count). The fraction of sp³-hybridized carbons (Fsp3) is 0.600. The van der Waals surface area contributed by atoms with Gasteiger partial charge in [-0.15, -0.1) is 0 Å². The molecule has 108 valence electrons. The second-order valence-corrected chi connectivity index (χ2v) is 5.90. The molecule has 0 radical (unpaired) electrons. The Morgan fingerprint density at radius 2 is 1.89 bits per heavy atom. The van der Waals surface area contributed by atoms with E-state index in [2.05, 4.69) is 35.2 Å². The van der Waals surface area contributed by atoms with Crippen LogP contribution in [0, 0.1) is 11.7 Å². The van der Waals surface area contributed by atoms with Crippen molar-refractivity contribution in [3.05, 3.63) is 34.1 Å². The quantitative estimate of drug-likeness (QED) is 0.554. The molecule has 1 aromatic carbocycles. The van der Waals surface area contributed by atoms with Crippen molar-refractivity contribution in [3.63, 3.8) is 0 Å². The average molecular weight is 331 g/mol. The summed E-state index contributed by atoms with van der Waals surface area (Å²) in [7, 11) is 0. The van der Waals surface area contributed by atoms with Gasteiger partial charge in [0.1, 0.15) is 5.82 Å². The zero-order chi connectivity index (χ0) is 14.3. The topological polar surface area (TPSA) is 38.0 Å². The normalized spacial score (nSPS) is 12.9. The van der Waals surface area contributed by atoms with Gasteiger partial charge in [0.05, 0.1) is 0 Å². The Kier molecular flexibility index (Phi) is 7.57. The molecule has 1 aromatic rings. The van der Waals surface area contributed by atoms with Crippen molar-refractivity contribution in [1.29, 1.82) is 0 Å². The van der Waals surface area contributed by atoms with Crippen LogP contribution in [0.2, 0.25) is 0 Å². The fourth-order valence-electron chi connectivity index (χ4n) is 2.59. The molecule has 1 atom stereocenters. The number of hydrogen-bond donors (Lipinski definition) is 2. The van der Waals surface area contributed by atoms with Gasteiger partial charge in [0, 0.05) is 10.5 Å². The van der Waals surface area contributed by atoms with E-state index in [1.54, 1.807) is 12.1 Å². The SMILES string of the molecule is CCCC(CCC)C(Cc1cc(F)ccc1Br)NN. The van der Waals surface area contributed by atoms with Gasteiger partial charge in [0.2, 0.25) is 0 Å². The molecular formula is C15H24BrFN2. The number of hydrogen-bond acceptors (Lipinski definition) is 2. The molecular weight excluding hydrogens is 307 g/mol. The maximum atomic E-state index is 13.3. The number of hydrazine groups is 1. The molecule has 0 aliphatic rings. The zero-order valence-corrected chi connectivity index (χ0v) is 13.3. The lowest BCUT2D eigenvalue weighted by atomic mass is 9.87. The molecule has 0 aliphatic carbocycles. The Morgan fingerprint density at radius 3 is 2.42 bits per heavy atom. The van der Waals surface area contributed by atoms with Gasteiger partial charge >= 0.3 is 0 Å². The van der Waals surface area contributed by atoms with Crippen molar-refractivity contribution in [2.24, 2.45) is 11.8 Å². The first-order valence-corrected chi connectivity index (χ1v) is 7.81. The second-order valence-electron chi connectivity index (χ2n) is 5.05. The molecule has 0 aromatic heterocycles. The van der Waals surface area contributed by atoms with E-state index in [1.165, 1.54) is 6.07 Å². The van der Waals surface area contributed by atoms with Gasteiger partial charge in [-0.05, 0) is 48.9 Å². The van der Waals surface area contributed by atoms with E-state index in [-0.39, 0.29) is 11.9 Å². The Hall–Kier alpha value is -0.450. The van der Waals surface area contributed by atoms with E-state index >= 15 is 0 Å². The standard InChI is InChI=1S/C15H24BrFN2/c1-3-5-11(6-4-2)15(19-18)10-12-9-13(17)7-8-14(12)16/h7-9,11,15,19H,3-6,10,18H2,1-2H3. The minimum Gasteiger partial charge on any atom is -0.271 e. The van der Waals surface area contributed by atoms with E-state index in [0.717, 1.165) is 42.1 Å². The van der Waals surface area contributed by atoms with Gasteiger partial charge in [-0.1, -0.05) is 42.6 Å². The summed E-state index contributed by atoms with van der Waals surface area (Å²) >= 11 is 3.48. The number of halogens is 2. The third-order valence-corrected chi connectivity index (χ3v) is 4.32. The fourth-order valence-corrected chi connectivity index (χ4v) is 3.00. The van der Waals surface area contributed by atoms with Crippen LogP contribution in [0.15, 0.2) is 22.7 Å². The van der Waals surface area contributed by atoms with Crippen molar-refractivity contribution >= 4 is 15.9 Å². The monoisotopic (exact) mass is 330 g/mol. The molecule has 0 spiro atoms. The van der Waals surface area contributed by atoms with Gasteiger partial charge < -0.3 is 0 Å². The van der Waals surface area contributed by atoms with Crippen molar-refractivity contribution in [1.82, 2.24) is 5.43 Å². The van der Waals surface area contributed by atoms with Crippen LogP contribution in [-0.4, -0.2) is 6.04 Å². The number of benzene rings is 1. The summed E-state index contributed by atoms with van der Waals surface area (Å²) < 4.78 is 14.3. The summed E-state index contributed by atoms with van der Waals surface area (Å²) in [6, 6.07) is 5.00. The maximum Gasteiger partial charge on any atom is 0.123 e. The summed E-state index contributed by atoms with van der Waals surface area (Å²) in [5.74, 6) is 6.05. The van der Waals surface area contributed by atoms with Crippen molar-refractivity contribution in [2.45, 2.75) is 52.0 Å². The van der Waals surface area contributed by atoms with Crippen molar-refractivity contribution < 1.29 is 4.39 Å². The van der Waals surface area contributed by atoms with Gasteiger partial charge in [-0.3, -0.25) is 11.3 Å². The van der Waals surface area contributed by atoms with E-state index in [9.17, 15) is 4.39 Å². The lowest BCUT2D eigenvalue weighted by molar-refractivity contribution is 0.311. The molecule has 0 saturated carbocycles. The van der Waals surface area contributed by atoms with E-state index in [4.69, 9.17) is 5.84 Å². The Bertz CT molecular complexity index is 378. The highest BCUT2D eigenvalue weighted by atomic mass is 79.9. The zero-order valence-electron chi connectivity index (χ0n) is 11.8. The average Bonchev–Trinajstić information content (AvgIpc) is 2.39. The van der Waals surface area contributed by atoms with Crippen LogP contribution in [0.3, 0.4) is 0 Å². The third kappa shape index (κ3) is 5.21. The highest BCUT2D eigenvalue weighted by molar-refractivity contribution is 9.10. The maximum absolute atomic E-state index is 13.3. The second kappa shape index (κ2) is 8.67. The Balaban J connectivity index is 2.81. The molecule has 19 heavy (non-hydrogen) atoms. The van der Waals surface area contributed by atoms with Crippen LogP contribution < -0.4 is 11.3 Å². The van der Waals surface area contributed by atoms with E-state index in [1.807, 2.05) is 0 Å². The van der Waals surface area contributed by atoms with Crippen LogP contribution in [0.1, 0.15) is 45.1 Å². The lowest BCUT2D eigenvalue weighted by Gasteiger charge is -2.26. The summed E-state index contributed by atoms with van der Waals surface area (Å²) in [6.07, 6.45) is 5.34. The van der Waals surface area contributed by atoms with Crippen molar-refractivity contribution in [3.8, 4) is 0 Å². The van der Waals surface area contributed by atoms with E-state index < -0.39 is 0 Å². The Labute approximate surface area is 124 Å². The molecule has 2 nitrogen and oxygen atoms in total. The van der Waals surface area contributed by atoms with Crippen LogP contribution in [0.25, 0.3) is 0 Å². The molecule has 0 amide bonds. The summed E-state index contributed by atoms with van der Waals surface area (Å²) in [5.41, 5.74) is 3.90. The first-order chi connectivity index (χ1) is 9.12. The van der Waals surface area contributed by atoms with Crippen LogP contribution in [0.5, 0.6) is 0 Å².